The second-order valence-corrected chi connectivity index (χ2v) is 20.9. The van der Waals surface area contributed by atoms with E-state index in [-0.39, 0.29) is 38.9 Å². The van der Waals surface area contributed by atoms with E-state index in [0.29, 0.717) is 295 Å². The zero-order valence-electron chi connectivity index (χ0n) is 58.2. The van der Waals surface area contributed by atoms with Gasteiger partial charge in [-0.3, -0.25) is 24.0 Å². The largest absolute Gasteiger partial charge is 0.481 e. The van der Waals surface area contributed by atoms with Gasteiger partial charge in [-0.1, -0.05) is 12.1 Å². The predicted molar refractivity (Wildman–Crippen MR) is 354 cm³/mol. The molecule has 2 rings (SSSR count). The molecule has 0 aromatic heterocycles. The maximum atomic E-state index is 13.1. The van der Waals surface area contributed by atoms with Crippen molar-refractivity contribution in [1.82, 2.24) is 10.6 Å². The predicted octanol–water partition coefficient (Wildman–Crippen LogP) is -0.113. The van der Waals surface area contributed by atoms with Crippen molar-refractivity contribution in [2.75, 3.05) is 316 Å². The molecule has 0 fully saturated rings. The Kier molecular flexibility index (Phi) is 64.6. The van der Waals surface area contributed by atoms with Gasteiger partial charge in [-0.15, -0.1) is 0 Å². The molecule has 1 heterocycles. The highest BCUT2D eigenvalue weighted by Crippen LogP contribution is 2.20. The molecule has 574 valence electrons. The minimum Gasteiger partial charge on any atom is -0.481 e. The normalized spacial score (nSPS) is 12.9. The van der Waals surface area contributed by atoms with Gasteiger partial charge in [0.05, 0.1) is 315 Å². The average Bonchev–Trinajstić information content (AvgIpc) is 1.74. The van der Waals surface area contributed by atoms with E-state index in [2.05, 4.69) is 10.6 Å². The summed E-state index contributed by atoms with van der Waals surface area (Å²) in [6.07, 6.45) is 1.86. The fraction of sp³-hybridized carbons (Fsp3) is 0.803. The first-order chi connectivity index (χ1) is 48.7. The maximum Gasteiger partial charge on any atom is 0.303 e. The number of hydrogen-bond donors (Lipinski definition) is 4. The molecule has 1 aromatic carbocycles. The Morgan fingerprint density at radius 3 is 0.828 bits per heavy atom. The van der Waals surface area contributed by atoms with Crippen molar-refractivity contribution in [2.45, 2.75) is 37.8 Å². The third-order valence-electron chi connectivity index (χ3n) is 13.1. The van der Waals surface area contributed by atoms with Crippen LogP contribution < -0.4 is 15.5 Å². The first kappa shape index (κ1) is 90.6. The zero-order chi connectivity index (χ0) is 71.0. The number of hydrogen-bond acceptors (Lipinski definition) is 29. The van der Waals surface area contributed by atoms with E-state index in [1.165, 1.54) is 12.1 Å². The van der Waals surface area contributed by atoms with Gasteiger partial charge in [0.2, 0.25) is 11.8 Å². The van der Waals surface area contributed by atoms with E-state index in [4.69, 9.17) is 109 Å². The number of carbonyl (C=O) groups excluding carboxylic acids is 4. The standard InChI is InChI=1S/C66H115N3O30/c1-77-12-13-79-16-17-81-20-21-83-24-25-85-28-29-87-32-33-89-36-37-91-40-41-93-44-45-95-48-49-97-52-53-99-55-54-98-51-50-96-47-46-94-43-42-92-39-38-90-35-34-88-31-30-86-27-26-84-23-22-82-19-18-80-15-14-78-11-10-59(57-70)67-66(76)61(6-9-65(74)75)68-62(71)56-58-2-4-60(5-3-58)69-63(72)7-8-64(69)73/h2-5,7-8,59,61,70H,6,9-57H2,1H3,(H,67,76)(H,68,71)(H,74,75)/t59?,61-/m0/s1. The van der Waals surface area contributed by atoms with Gasteiger partial charge < -0.3 is 130 Å². The highest BCUT2D eigenvalue weighted by atomic mass is 16.6. The summed E-state index contributed by atoms with van der Waals surface area (Å²) in [6, 6.07) is 4.29. The van der Waals surface area contributed by atoms with Gasteiger partial charge in [0.25, 0.3) is 11.8 Å². The Morgan fingerprint density at radius 2 is 0.596 bits per heavy atom. The number of carboxylic acids is 1. The van der Waals surface area contributed by atoms with E-state index in [9.17, 15) is 34.2 Å². The fourth-order valence-electron chi connectivity index (χ4n) is 7.98. The van der Waals surface area contributed by atoms with E-state index in [0.717, 1.165) is 17.1 Å². The molecule has 0 saturated heterocycles. The number of ether oxygens (including phenoxy) is 23. The van der Waals surface area contributed by atoms with Crippen LogP contribution in [0.1, 0.15) is 24.8 Å². The quantitative estimate of drug-likeness (QED) is 0.0488. The van der Waals surface area contributed by atoms with E-state index in [1.807, 2.05) is 0 Å². The highest BCUT2D eigenvalue weighted by Gasteiger charge is 2.26. The Bertz CT molecular complexity index is 2040. The van der Waals surface area contributed by atoms with Gasteiger partial charge in [-0.2, -0.15) is 0 Å². The van der Waals surface area contributed by atoms with Crippen molar-refractivity contribution < 1.29 is 143 Å². The summed E-state index contributed by atoms with van der Waals surface area (Å²) in [6.45, 7) is 20.0. The van der Waals surface area contributed by atoms with Gasteiger partial charge in [-0.05, 0) is 30.5 Å². The van der Waals surface area contributed by atoms with Crippen LogP contribution in [0.3, 0.4) is 0 Å². The van der Waals surface area contributed by atoms with Crippen molar-refractivity contribution in [2.24, 2.45) is 0 Å². The molecule has 33 heteroatoms. The maximum absolute atomic E-state index is 13.1. The molecule has 0 saturated carbocycles. The van der Waals surface area contributed by atoms with Crippen molar-refractivity contribution in [1.29, 1.82) is 0 Å². The first-order valence-corrected chi connectivity index (χ1v) is 34.0. The van der Waals surface area contributed by atoms with E-state index in [1.54, 1.807) is 19.2 Å². The lowest BCUT2D eigenvalue weighted by Crippen LogP contribution is -2.51. The summed E-state index contributed by atoms with van der Waals surface area (Å²) in [4.78, 5) is 62.1. The molecule has 99 heavy (non-hydrogen) atoms. The van der Waals surface area contributed by atoms with Crippen LogP contribution in [0.2, 0.25) is 0 Å². The SMILES string of the molecule is COCCOCCOCCOCCOCCOCCOCCOCCOCCOCCOCCOCCOCCOCCOCCOCCOCCOCCOCCOCCOCCOCCOCCC(CO)NC(=O)[C@H](CCC(=O)O)NC(=O)Cc1ccc(N2C(=O)C=CC2=O)cc1. The van der Waals surface area contributed by atoms with Gasteiger partial charge in [0.15, 0.2) is 0 Å². The summed E-state index contributed by atoms with van der Waals surface area (Å²) < 4.78 is 126. The second-order valence-electron chi connectivity index (χ2n) is 20.9. The van der Waals surface area contributed by atoms with Crippen molar-refractivity contribution in [3.8, 4) is 0 Å². The van der Waals surface area contributed by atoms with Crippen LogP contribution in [0.25, 0.3) is 0 Å². The molecule has 0 radical (unpaired) electrons. The number of nitrogens with zero attached hydrogens (tertiary/aromatic N) is 1. The number of aliphatic hydroxyl groups is 1. The van der Waals surface area contributed by atoms with Gasteiger partial charge in [-0.25, -0.2) is 4.90 Å². The number of nitrogens with one attached hydrogen (secondary N) is 2. The third-order valence-corrected chi connectivity index (χ3v) is 13.1. The number of aliphatic carboxylic acids is 1. The number of carbonyl (C=O) groups is 5. The zero-order valence-corrected chi connectivity index (χ0v) is 58.2. The minimum absolute atomic E-state index is 0.152. The molecule has 1 aliphatic rings. The highest BCUT2D eigenvalue weighted by molar-refractivity contribution is 6.28. The van der Waals surface area contributed by atoms with Crippen LogP contribution >= 0.6 is 0 Å². The number of benzene rings is 1. The van der Waals surface area contributed by atoms with Gasteiger partial charge in [0, 0.05) is 32.3 Å². The molecule has 2 atom stereocenters. The molecule has 4 N–H and O–H groups in total. The van der Waals surface area contributed by atoms with Gasteiger partial charge >= 0.3 is 5.97 Å². The summed E-state index contributed by atoms with van der Waals surface area (Å²) in [5.74, 6) is -3.30. The van der Waals surface area contributed by atoms with Gasteiger partial charge in [0.1, 0.15) is 6.04 Å². The number of imide groups is 1. The number of anilines is 1. The Labute approximate surface area is 582 Å². The van der Waals surface area contributed by atoms with E-state index < -0.39 is 48.3 Å². The lowest BCUT2D eigenvalue weighted by molar-refractivity contribution is -0.138. The second kappa shape index (κ2) is 70.6. The molecule has 1 aromatic rings. The molecular weight excluding hydrogens is 1310 g/mol. The Hall–Kier alpha value is -4.45. The van der Waals surface area contributed by atoms with Crippen LogP contribution in [0.5, 0.6) is 0 Å². The summed E-state index contributed by atoms with van der Waals surface area (Å²) >= 11 is 0. The lowest BCUT2D eigenvalue weighted by atomic mass is 10.1. The monoisotopic (exact) mass is 1430 g/mol. The van der Waals surface area contributed by atoms with Crippen LogP contribution in [0, 0.1) is 0 Å². The number of carboxylic acid groups (broad SMARTS) is 1. The summed E-state index contributed by atoms with van der Waals surface area (Å²) in [5, 5.41) is 24.3. The number of aliphatic hydroxyl groups excluding tert-OH is 1. The van der Waals surface area contributed by atoms with Crippen molar-refractivity contribution in [3.63, 3.8) is 0 Å². The summed E-state index contributed by atoms with van der Waals surface area (Å²) in [5.41, 5.74) is 0.875. The number of amides is 4. The van der Waals surface area contributed by atoms with Crippen molar-refractivity contribution >= 4 is 35.3 Å². The molecular formula is C66H115N3O30. The molecule has 0 bridgehead atoms. The minimum atomic E-state index is -1.18. The fourth-order valence-corrected chi connectivity index (χ4v) is 7.98. The first-order valence-electron chi connectivity index (χ1n) is 34.0. The molecule has 33 nitrogen and oxygen atoms in total. The van der Waals surface area contributed by atoms with Crippen molar-refractivity contribution in [3.05, 3.63) is 42.0 Å². The van der Waals surface area contributed by atoms with E-state index >= 15 is 0 Å². The molecule has 4 amide bonds. The molecule has 0 spiro atoms. The smallest absolute Gasteiger partial charge is 0.303 e. The Balaban J connectivity index is 1.19. The summed E-state index contributed by atoms with van der Waals surface area (Å²) in [7, 11) is 1.64. The van der Waals surface area contributed by atoms with Crippen LogP contribution in [-0.2, 0) is 139 Å². The lowest BCUT2D eigenvalue weighted by Gasteiger charge is -2.22. The molecule has 1 unspecified atom stereocenters. The molecule has 0 aliphatic carbocycles. The third kappa shape index (κ3) is 58.7. The van der Waals surface area contributed by atoms with Crippen LogP contribution in [0.4, 0.5) is 5.69 Å². The average molecular weight is 1430 g/mol. The topological polar surface area (TPSA) is 365 Å². The molecule has 1 aliphatic heterocycles. The van der Waals surface area contributed by atoms with Crippen LogP contribution in [-0.4, -0.2) is 363 Å². The van der Waals surface area contributed by atoms with Crippen LogP contribution in [0.15, 0.2) is 36.4 Å². The number of rotatable bonds is 79. The Morgan fingerprint density at radius 1 is 0.354 bits per heavy atom. The number of methoxy groups -OCH3 is 1.